The second-order valence-electron chi connectivity index (χ2n) is 3.91. The molecule has 0 aliphatic heterocycles. The molecule has 0 aromatic heterocycles. The van der Waals surface area contributed by atoms with E-state index < -0.39 is 0 Å². The van der Waals surface area contributed by atoms with Gasteiger partial charge < -0.3 is 0 Å². The fourth-order valence-corrected chi connectivity index (χ4v) is 1.54. The van der Waals surface area contributed by atoms with Gasteiger partial charge in [-0.2, -0.15) is 0 Å². The summed E-state index contributed by atoms with van der Waals surface area (Å²) in [5.74, 6) is 5.47. The lowest BCUT2D eigenvalue weighted by Gasteiger charge is -2.21. The van der Waals surface area contributed by atoms with Crippen molar-refractivity contribution in [3.8, 4) is 0 Å². The average molecular weight is 196 g/mol. The normalized spacial score (nSPS) is 13.3. The van der Waals surface area contributed by atoms with Crippen LogP contribution in [0.15, 0.2) is 18.2 Å². The Morgan fingerprint density at radius 2 is 2.00 bits per heavy atom. The number of nitrogens with two attached hydrogens (primary N) is 1. The second kappa shape index (κ2) is 4.53. The van der Waals surface area contributed by atoms with Gasteiger partial charge >= 0.3 is 0 Å². The molecule has 0 radical (unpaired) electrons. The first-order valence-corrected chi connectivity index (χ1v) is 4.78. The molecule has 3 N–H and O–H groups in total. The van der Waals surface area contributed by atoms with Crippen molar-refractivity contribution in [1.82, 2.24) is 5.43 Å². The molecule has 1 rings (SSSR count). The minimum atomic E-state index is -0.202. The highest BCUT2D eigenvalue weighted by Crippen LogP contribution is 2.24. The second-order valence-corrected chi connectivity index (χ2v) is 3.91. The van der Waals surface area contributed by atoms with Crippen molar-refractivity contribution in [3.63, 3.8) is 0 Å². The Bertz CT molecular complexity index is 310. The summed E-state index contributed by atoms with van der Waals surface area (Å²) in [4.78, 5) is 0. The molecular formula is C11H17FN2. The van der Waals surface area contributed by atoms with Crippen molar-refractivity contribution >= 4 is 0 Å². The van der Waals surface area contributed by atoms with Crippen LogP contribution in [-0.2, 0) is 0 Å². The van der Waals surface area contributed by atoms with Gasteiger partial charge in [-0.05, 0) is 18.9 Å². The topological polar surface area (TPSA) is 38.0 Å². The van der Waals surface area contributed by atoms with Crippen LogP contribution in [0.1, 0.15) is 31.0 Å². The van der Waals surface area contributed by atoms with Gasteiger partial charge in [0, 0.05) is 5.56 Å². The SMILES string of the molecule is Cc1ccc(F)c(C(NN)C(C)C)c1. The number of benzene rings is 1. The van der Waals surface area contributed by atoms with Crippen molar-refractivity contribution in [2.24, 2.45) is 11.8 Å². The summed E-state index contributed by atoms with van der Waals surface area (Å²) in [5, 5.41) is 0. The highest BCUT2D eigenvalue weighted by molar-refractivity contribution is 5.27. The summed E-state index contributed by atoms with van der Waals surface area (Å²) in [6, 6.07) is 4.94. The lowest BCUT2D eigenvalue weighted by molar-refractivity contribution is 0.405. The summed E-state index contributed by atoms with van der Waals surface area (Å²) in [6.45, 7) is 5.95. The first-order chi connectivity index (χ1) is 6.56. The largest absolute Gasteiger partial charge is 0.271 e. The zero-order valence-electron chi connectivity index (χ0n) is 8.84. The lowest BCUT2D eigenvalue weighted by atomic mass is 9.95. The Balaban J connectivity index is 3.08. The Kier molecular flexibility index (Phi) is 3.61. The molecular weight excluding hydrogens is 179 g/mol. The number of hydrogen-bond acceptors (Lipinski definition) is 2. The van der Waals surface area contributed by atoms with E-state index in [0.29, 0.717) is 5.56 Å². The van der Waals surface area contributed by atoms with Crippen LogP contribution in [0.3, 0.4) is 0 Å². The van der Waals surface area contributed by atoms with E-state index in [2.05, 4.69) is 5.43 Å². The summed E-state index contributed by atoms with van der Waals surface area (Å²) < 4.78 is 13.5. The van der Waals surface area contributed by atoms with E-state index in [4.69, 9.17) is 5.84 Å². The Morgan fingerprint density at radius 1 is 1.36 bits per heavy atom. The van der Waals surface area contributed by atoms with Crippen molar-refractivity contribution in [1.29, 1.82) is 0 Å². The van der Waals surface area contributed by atoms with Crippen LogP contribution in [0.4, 0.5) is 4.39 Å². The zero-order valence-corrected chi connectivity index (χ0v) is 8.84. The fourth-order valence-electron chi connectivity index (χ4n) is 1.54. The molecule has 2 nitrogen and oxygen atoms in total. The van der Waals surface area contributed by atoms with Crippen molar-refractivity contribution in [3.05, 3.63) is 35.1 Å². The molecule has 78 valence electrons. The molecule has 0 spiro atoms. The molecule has 0 saturated heterocycles. The standard InChI is InChI=1S/C11H17FN2/c1-7(2)11(14-13)9-6-8(3)4-5-10(9)12/h4-7,11,14H,13H2,1-3H3. The molecule has 1 atom stereocenters. The van der Waals surface area contributed by atoms with E-state index in [1.807, 2.05) is 26.8 Å². The number of nitrogens with one attached hydrogen (secondary N) is 1. The molecule has 0 amide bonds. The fraction of sp³-hybridized carbons (Fsp3) is 0.455. The molecule has 0 fully saturated rings. The summed E-state index contributed by atoms with van der Waals surface area (Å²) in [6.07, 6.45) is 0. The zero-order chi connectivity index (χ0) is 10.7. The third-order valence-corrected chi connectivity index (χ3v) is 2.33. The van der Waals surface area contributed by atoms with E-state index in [-0.39, 0.29) is 17.8 Å². The molecule has 0 aliphatic carbocycles. The van der Waals surface area contributed by atoms with E-state index in [1.54, 1.807) is 6.07 Å². The maximum absolute atomic E-state index is 13.5. The third-order valence-electron chi connectivity index (χ3n) is 2.33. The van der Waals surface area contributed by atoms with Crippen LogP contribution in [0.2, 0.25) is 0 Å². The number of aryl methyl sites for hydroxylation is 1. The first kappa shape index (κ1) is 11.1. The molecule has 0 heterocycles. The van der Waals surface area contributed by atoms with Gasteiger partial charge in [0.1, 0.15) is 5.82 Å². The van der Waals surface area contributed by atoms with Crippen LogP contribution in [-0.4, -0.2) is 0 Å². The number of halogens is 1. The summed E-state index contributed by atoms with van der Waals surface area (Å²) in [5.41, 5.74) is 4.33. The van der Waals surface area contributed by atoms with Crippen LogP contribution < -0.4 is 11.3 Å². The van der Waals surface area contributed by atoms with Crippen molar-refractivity contribution < 1.29 is 4.39 Å². The quantitative estimate of drug-likeness (QED) is 0.575. The number of rotatable bonds is 3. The monoisotopic (exact) mass is 196 g/mol. The van der Waals surface area contributed by atoms with Crippen molar-refractivity contribution in [2.75, 3.05) is 0 Å². The molecule has 1 aromatic carbocycles. The maximum atomic E-state index is 13.5. The average Bonchev–Trinajstić information content (AvgIpc) is 2.11. The molecule has 3 heteroatoms. The Labute approximate surface area is 84.3 Å². The Morgan fingerprint density at radius 3 is 2.50 bits per heavy atom. The smallest absolute Gasteiger partial charge is 0.128 e. The van der Waals surface area contributed by atoms with Gasteiger partial charge in [0.15, 0.2) is 0 Å². The van der Waals surface area contributed by atoms with Gasteiger partial charge in [0.2, 0.25) is 0 Å². The lowest BCUT2D eigenvalue weighted by Crippen LogP contribution is -2.32. The van der Waals surface area contributed by atoms with E-state index in [0.717, 1.165) is 5.56 Å². The van der Waals surface area contributed by atoms with Gasteiger partial charge in [0.25, 0.3) is 0 Å². The molecule has 0 aliphatic rings. The number of hydrogen-bond donors (Lipinski definition) is 2. The van der Waals surface area contributed by atoms with E-state index in [9.17, 15) is 4.39 Å². The molecule has 1 unspecified atom stereocenters. The van der Waals surface area contributed by atoms with Crippen molar-refractivity contribution in [2.45, 2.75) is 26.8 Å². The van der Waals surface area contributed by atoms with Gasteiger partial charge in [-0.1, -0.05) is 31.5 Å². The van der Waals surface area contributed by atoms with Gasteiger partial charge in [-0.3, -0.25) is 11.3 Å². The van der Waals surface area contributed by atoms with Crippen LogP contribution in [0, 0.1) is 18.7 Å². The third kappa shape index (κ3) is 2.30. The minimum absolute atomic E-state index is 0.130. The minimum Gasteiger partial charge on any atom is -0.271 e. The molecule has 0 saturated carbocycles. The molecule has 14 heavy (non-hydrogen) atoms. The highest BCUT2D eigenvalue weighted by atomic mass is 19.1. The first-order valence-electron chi connectivity index (χ1n) is 4.78. The van der Waals surface area contributed by atoms with Crippen LogP contribution >= 0.6 is 0 Å². The van der Waals surface area contributed by atoms with Gasteiger partial charge in [-0.25, -0.2) is 4.39 Å². The van der Waals surface area contributed by atoms with Crippen LogP contribution in [0.25, 0.3) is 0 Å². The predicted molar refractivity (Wildman–Crippen MR) is 56.0 cm³/mol. The summed E-state index contributed by atoms with van der Waals surface area (Å²) in [7, 11) is 0. The molecule has 0 bridgehead atoms. The highest BCUT2D eigenvalue weighted by Gasteiger charge is 2.17. The Hall–Kier alpha value is -0.930. The molecule has 1 aromatic rings. The number of hydrazine groups is 1. The summed E-state index contributed by atoms with van der Waals surface area (Å²) >= 11 is 0. The van der Waals surface area contributed by atoms with E-state index >= 15 is 0 Å². The van der Waals surface area contributed by atoms with Gasteiger partial charge in [0.05, 0.1) is 6.04 Å². The van der Waals surface area contributed by atoms with Crippen LogP contribution in [0.5, 0.6) is 0 Å². The van der Waals surface area contributed by atoms with Gasteiger partial charge in [-0.15, -0.1) is 0 Å². The van der Waals surface area contributed by atoms with E-state index in [1.165, 1.54) is 6.07 Å². The predicted octanol–water partition coefficient (Wildman–Crippen LogP) is 2.29. The maximum Gasteiger partial charge on any atom is 0.128 e.